The minimum atomic E-state index is -0.279. The summed E-state index contributed by atoms with van der Waals surface area (Å²) in [4.78, 5) is 15.1. The first-order chi connectivity index (χ1) is 9.70. The molecule has 0 amide bonds. The van der Waals surface area contributed by atoms with Crippen LogP contribution >= 0.6 is 24.0 Å². The van der Waals surface area contributed by atoms with E-state index in [1.165, 1.54) is 31.1 Å². The van der Waals surface area contributed by atoms with E-state index in [1.807, 2.05) is 12.1 Å². The predicted molar refractivity (Wildman–Crippen MR) is 95.2 cm³/mol. The summed E-state index contributed by atoms with van der Waals surface area (Å²) >= 11 is 0. The lowest BCUT2D eigenvalue weighted by Gasteiger charge is -2.19. The van der Waals surface area contributed by atoms with Crippen LogP contribution in [0.5, 0.6) is 0 Å². The number of hydrogen-bond donors (Lipinski definition) is 2. The lowest BCUT2D eigenvalue weighted by molar-refractivity contribution is -0.140. The van der Waals surface area contributed by atoms with E-state index in [2.05, 4.69) is 21.1 Å². The van der Waals surface area contributed by atoms with Crippen LogP contribution in [-0.4, -0.2) is 25.6 Å². The van der Waals surface area contributed by atoms with Crippen LogP contribution in [0.2, 0.25) is 0 Å². The van der Waals surface area contributed by atoms with E-state index in [1.54, 1.807) is 0 Å². The molecule has 0 fully saturated rings. The lowest BCUT2D eigenvalue weighted by Crippen LogP contribution is -2.24. The minimum Gasteiger partial charge on any atom is -0.469 e. The van der Waals surface area contributed by atoms with Gasteiger partial charge in [-0.2, -0.15) is 0 Å². The van der Waals surface area contributed by atoms with Crippen LogP contribution in [0.4, 0.5) is 5.69 Å². The number of aliphatic imine (C=N–C) groups is 1. The van der Waals surface area contributed by atoms with Gasteiger partial charge >= 0.3 is 5.97 Å². The van der Waals surface area contributed by atoms with Gasteiger partial charge in [0.05, 0.1) is 20.1 Å². The highest BCUT2D eigenvalue weighted by Gasteiger charge is 2.13. The van der Waals surface area contributed by atoms with Crippen LogP contribution in [0, 0.1) is 0 Å². The Kier molecular flexibility index (Phi) is 7.49. The molecule has 1 aromatic carbocycles. The zero-order chi connectivity index (χ0) is 14.4. The van der Waals surface area contributed by atoms with E-state index in [4.69, 9.17) is 5.73 Å². The molecule has 0 radical (unpaired) electrons. The van der Waals surface area contributed by atoms with Crippen LogP contribution in [0.15, 0.2) is 23.2 Å². The van der Waals surface area contributed by atoms with Crippen LogP contribution in [0.3, 0.4) is 0 Å². The number of nitrogens with one attached hydrogen (secondary N) is 1. The highest BCUT2D eigenvalue weighted by atomic mass is 127. The highest BCUT2D eigenvalue weighted by molar-refractivity contribution is 14.0. The van der Waals surface area contributed by atoms with Gasteiger partial charge in [0.25, 0.3) is 0 Å². The largest absolute Gasteiger partial charge is 0.469 e. The molecule has 3 N–H and O–H groups in total. The second kappa shape index (κ2) is 8.86. The summed E-state index contributed by atoms with van der Waals surface area (Å²) in [6, 6.07) is 6.23. The summed E-state index contributed by atoms with van der Waals surface area (Å²) in [5.74, 6) is 0.0616. The van der Waals surface area contributed by atoms with Crippen molar-refractivity contribution < 1.29 is 9.53 Å². The molecule has 116 valence electrons. The fourth-order valence-electron chi connectivity index (χ4n) is 2.45. The fraction of sp³-hybridized carbons (Fsp3) is 0.467. The maximum Gasteiger partial charge on any atom is 0.307 e. The van der Waals surface area contributed by atoms with E-state index in [9.17, 15) is 4.79 Å². The van der Waals surface area contributed by atoms with Gasteiger partial charge in [0.2, 0.25) is 0 Å². The average Bonchev–Trinajstić information content (AvgIpc) is 2.47. The summed E-state index contributed by atoms with van der Waals surface area (Å²) in [7, 11) is 1.36. The average molecular weight is 403 g/mol. The number of methoxy groups -OCH3 is 1. The first kappa shape index (κ1) is 17.7. The molecule has 6 heteroatoms. The molecule has 0 heterocycles. The van der Waals surface area contributed by atoms with Crippen LogP contribution < -0.4 is 11.1 Å². The molecule has 1 aliphatic carbocycles. The van der Waals surface area contributed by atoms with Gasteiger partial charge in [0, 0.05) is 5.69 Å². The first-order valence-corrected chi connectivity index (χ1v) is 6.95. The molecular weight excluding hydrogens is 381 g/mol. The zero-order valence-electron chi connectivity index (χ0n) is 12.2. The molecule has 0 bridgehead atoms. The van der Waals surface area contributed by atoms with Gasteiger partial charge in [0.1, 0.15) is 0 Å². The monoisotopic (exact) mass is 403 g/mol. The number of benzene rings is 1. The van der Waals surface area contributed by atoms with E-state index in [-0.39, 0.29) is 36.4 Å². The smallest absolute Gasteiger partial charge is 0.307 e. The van der Waals surface area contributed by atoms with Crippen molar-refractivity contribution in [3.05, 3.63) is 29.3 Å². The topological polar surface area (TPSA) is 76.7 Å². The quantitative estimate of drug-likeness (QED) is 0.351. The second-order valence-electron chi connectivity index (χ2n) is 4.87. The third-order valence-electron chi connectivity index (χ3n) is 3.48. The third kappa shape index (κ3) is 5.18. The van der Waals surface area contributed by atoms with Crippen LogP contribution in [0.1, 0.15) is 30.4 Å². The number of nitrogens with zero attached hydrogens (tertiary/aromatic N) is 1. The lowest BCUT2D eigenvalue weighted by atomic mass is 9.90. The number of anilines is 1. The van der Waals surface area contributed by atoms with Gasteiger partial charge in [-0.05, 0) is 42.9 Å². The molecule has 0 saturated heterocycles. The number of nitrogens with two attached hydrogens (primary N) is 1. The van der Waals surface area contributed by atoms with Crippen molar-refractivity contribution in [3.63, 3.8) is 0 Å². The summed E-state index contributed by atoms with van der Waals surface area (Å²) in [5, 5.41) is 3.14. The standard InChI is InChI=1S/C15H21N3O2.HI/c1-20-14(19)9-10-17-15(16)18-13-8-4-6-11-5-2-3-7-12(11)13;/h4,6,8H,2-3,5,7,9-10H2,1H3,(H3,16,17,18);1H. The Hall–Kier alpha value is -1.31. The molecule has 5 nitrogen and oxygen atoms in total. The van der Waals surface area contributed by atoms with Gasteiger partial charge in [-0.3, -0.25) is 9.79 Å². The number of guanidine groups is 1. The molecule has 0 aromatic heterocycles. The number of fused-ring (bicyclic) bond motifs is 1. The normalized spacial score (nSPS) is 13.9. The number of rotatable bonds is 4. The van der Waals surface area contributed by atoms with Crippen molar-refractivity contribution >= 4 is 41.6 Å². The van der Waals surface area contributed by atoms with Crippen molar-refractivity contribution in [1.29, 1.82) is 0 Å². The molecule has 0 unspecified atom stereocenters. The Morgan fingerprint density at radius 2 is 2.14 bits per heavy atom. The van der Waals surface area contributed by atoms with Crippen molar-refractivity contribution in [3.8, 4) is 0 Å². The molecule has 2 rings (SSSR count). The molecular formula is C15H22IN3O2. The SMILES string of the molecule is COC(=O)CCN=C(N)Nc1cccc2c1CCCC2.I. The molecule has 1 aliphatic rings. The van der Waals surface area contributed by atoms with E-state index >= 15 is 0 Å². The molecule has 21 heavy (non-hydrogen) atoms. The molecule has 0 saturated carbocycles. The van der Waals surface area contributed by atoms with Gasteiger partial charge in [0.15, 0.2) is 5.96 Å². The van der Waals surface area contributed by atoms with Crippen molar-refractivity contribution in [2.24, 2.45) is 10.7 Å². The van der Waals surface area contributed by atoms with E-state index < -0.39 is 0 Å². The molecule has 1 aromatic rings. The first-order valence-electron chi connectivity index (χ1n) is 6.95. The minimum absolute atomic E-state index is 0. The summed E-state index contributed by atoms with van der Waals surface area (Å²) in [5.41, 5.74) is 9.61. The van der Waals surface area contributed by atoms with E-state index in [0.29, 0.717) is 12.5 Å². The number of carbonyl (C=O) groups is 1. The number of esters is 1. The number of hydrogen-bond acceptors (Lipinski definition) is 3. The third-order valence-corrected chi connectivity index (χ3v) is 3.48. The van der Waals surface area contributed by atoms with E-state index in [0.717, 1.165) is 18.5 Å². The zero-order valence-corrected chi connectivity index (χ0v) is 14.6. The second-order valence-corrected chi connectivity index (χ2v) is 4.87. The number of carbonyl (C=O) groups excluding carboxylic acids is 1. The maximum absolute atomic E-state index is 11.0. The maximum atomic E-state index is 11.0. The van der Waals surface area contributed by atoms with Gasteiger partial charge in [-0.15, -0.1) is 24.0 Å². The van der Waals surface area contributed by atoms with Crippen LogP contribution in [0.25, 0.3) is 0 Å². The molecule has 0 spiro atoms. The summed E-state index contributed by atoms with van der Waals surface area (Å²) in [6.45, 7) is 0.334. The number of ether oxygens (including phenoxy) is 1. The highest BCUT2D eigenvalue weighted by Crippen LogP contribution is 2.27. The summed E-state index contributed by atoms with van der Waals surface area (Å²) in [6.07, 6.45) is 4.91. The Bertz CT molecular complexity index is 518. The van der Waals surface area contributed by atoms with Gasteiger partial charge in [-0.25, -0.2) is 0 Å². The van der Waals surface area contributed by atoms with Gasteiger partial charge < -0.3 is 15.8 Å². The van der Waals surface area contributed by atoms with Crippen molar-refractivity contribution in [1.82, 2.24) is 0 Å². The van der Waals surface area contributed by atoms with Crippen LogP contribution in [-0.2, 0) is 22.4 Å². The summed E-state index contributed by atoms with van der Waals surface area (Å²) < 4.78 is 4.56. The Morgan fingerprint density at radius 3 is 2.90 bits per heavy atom. The molecule has 0 aliphatic heterocycles. The van der Waals surface area contributed by atoms with Crippen molar-refractivity contribution in [2.75, 3.05) is 19.0 Å². The molecule has 0 atom stereocenters. The predicted octanol–water partition coefficient (Wildman–Crippen LogP) is 2.47. The Balaban J connectivity index is 0.00000220. The number of halogens is 1. The Labute approximate surface area is 142 Å². The van der Waals surface area contributed by atoms with Gasteiger partial charge in [-0.1, -0.05) is 12.1 Å². The number of aryl methyl sites for hydroxylation is 1. The Morgan fingerprint density at radius 1 is 1.38 bits per heavy atom. The fourth-order valence-corrected chi connectivity index (χ4v) is 2.45. The van der Waals surface area contributed by atoms with Crippen molar-refractivity contribution in [2.45, 2.75) is 32.1 Å².